The monoisotopic (exact) mass is 202 g/mol. The molecule has 0 saturated carbocycles. The van der Waals surface area contributed by atoms with Crippen LogP contribution in [0.25, 0.3) is 0 Å². The van der Waals surface area contributed by atoms with E-state index in [-0.39, 0.29) is 5.97 Å². The molecule has 0 fully saturated rings. The molecule has 3 nitrogen and oxygen atoms in total. The minimum Gasteiger partial charge on any atom is -0.463 e. The Bertz CT molecular complexity index is 134. The third-order valence-corrected chi connectivity index (χ3v) is 1.84. The number of hydrogen-bond acceptors (Lipinski definition) is 3. The van der Waals surface area contributed by atoms with Crippen LogP contribution in [0.4, 0.5) is 0 Å². The predicted molar refractivity (Wildman–Crippen MR) is 56.2 cm³/mol. The summed E-state index contributed by atoms with van der Waals surface area (Å²) in [6.07, 6.45) is 4.86. The molecule has 0 spiro atoms. The largest absolute Gasteiger partial charge is 0.463 e. The van der Waals surface area contributed by atoms with Crippen LogP contribution in [0.3, 0.4) is 0 Å². The molecule has 0 saturated heterocycles. The molecule has 0 N–H and O–H groups in total. The van der Waals surface area contributed by atoms with Crippen molar-refractivity contribution in [2.24, 2.45) is 0 Å². The lowest BCUT2D eigenvalue weighted by atomic mass is 10.3. The molecule has 0 atom stereocenters. The van der Waals surface area contributed by atoms with E-state index in [9.17, 15) is 4.79 Å². The van der Waals surface area contributed by atoms with E-state index in [2.05, 4.69) is 6.92 Å². The van der Waals surface area contributed by atoms with E-state index in [4.69, 9.17) is 9.47 Å². The van der Waals surface area contributed by atoms with Crippen LogP contribution in [0.15, 0.2) is 0 Å². The van der Waals surface area contributed by atoms with Gasteiger partial charge in [0.2, 0.25) is 0 Å². The molecule has 0 aliphatic rings. The van der Waals surface area contributed by atoms with Gasteiger partial charge in [-0.1, -0.05) is 26.7 Å². The van der Waals surface area contributed by atoms with Gasteiger partial charge in [-0.2, -0.15) is 0 Å². The van der Waals surface area contributed by atoms with Crippen molar-refractivity contribution in [1.29, 1.82) is 0 Å². The van der Waals surface area contributed by atoms with Crippen LogP contribution in [0.1, 0.15) is 46.0 Å². The number of ether oxygens (including phenoxy) is 2. The predicted octanol–water partition coefficient (Wildman–Crippen LogP) is 2.54. The van der Waals surface area contributed by atoms with Crippen molar-refractivity contribution in [3.05, 3.63) is 0 Å². The Labute approximate surface area is 86.8 Å². The first-order valence-corrected chi connectivity index (χ1v) is 5.54. The maximum absolute atomic E-state index is 10.9. The first-order valence-electron chi connectivity index (χ1n) is 5.54. The summed E-state index contributed by atoms with van der Waals surface area (Å²) in [5, 5.41) is 0. The standard InChI is InChI=1S/C11H22O3/c1-3-5-6-8-13-9-10-14-11(12)7-4-2/h3-10H2,1-2H3. The Morgan fingerprint density at radius 2 is 1.79 bits per heavy atom. The summed E-state index contributed by atoms with van der Waals surface area (Å²) < 4.78 is 10.2. The van der Waals surface area contributed by atoms with Crippen LogP contribution in [-0.2, 0) is 14.3 Å². The van der Waals surface area contributed by atoms with Crippen LogP contribution < -0.4 is 0 Å². The van der Waals surface area contributed by atoms with E-state index >= 15 is 0 Å². The molecule has 0 radical (unpaired) electrons. The Morgan fingerprint density at radius 3 is 2.43 bits per heavy atom. The summed E-state index contributed by atoms with van der Waals surface area (Å²) in [5.41, 5.74) is 0. The molecule has 0 heterocycles. The lowest BCUT2D eigenvalue weighted by Gasteiger charge is -2.04. The van der Waals surface area contributed by atoms with E-state index in [1.54, 1.807) is 0 Å². The summed E-state index contributed by atoms with van der Waals surface area (Å²) >= 11 is 0. The molecule has 0 rings (SSSR count). The van der Waals surface area contributed by atoms with Gasteiger partial charge >= 0.3 is 5.97 Å². The lowest BCUT2D eigenvalue weighted by Crippen LogP contribution is -2.10. The SMILES string of the molecule is CCCCCOCCOC(=O)CCC. The fourth-order valence-corrected chi connectivity index (χ4v) is 1.05. The second-order valence-corrected chi connectivity index (χ2v) is 3.29. The number of carbonyl (C=O) groups excluding carboxylic acids is 1. The van der Waals surface area contributed by atoms with Gasteiger partial charge in [0.1, 0.15) is 6.61 Å². The zero-order valence-corrected chi connectivity index (χ0v) is 9.38. The van der Waals surface area contributed by atoms with Gasteiger partial charge in [-0.15, -0.1) is 0 Å². The van der Waals surface area contributed by atoms with Crippen molar-refractivity contribution >= 4 is 5.97 Å². The van der Waals surface area contributed by atoms with E-state index in [1.165, 1.54) is 12.8 Å². The minimum atomic E-state index is -0.121. The Hall–Kier alpha value is -0.570. The van der Waals surface area contributed by atoms with Gasteiger partial charge in [0.25, 0.3) is 0 Å². The van der Waals surface area contributed by atoms with Gasteiger partial charge in [-0.05, 0) is 12.8 Å². The van der Waals surface area contributed by atoms with Gasteiger partial charge in [-0.25, -0.2) is 0 Å². The molecular weight excluding hydrogens is 180 g/mol. The number of rotatable bonds is 9. The zero-order chi connectivity index (χ0) is 10.6. The Morgan fingerprint density at radius 1 is 1.00 bits per heavy atom. The van der Waals surface area contributed by atoms with Crippen molar-refractivity contribution < 1.29 is 14.3 Å². The number of unbranched alkanes of at least 4 members (excludes halogenated alkanes) is 2. The smallest absolute Gasteiger partial charge is 0.305 e. The van der Waals surface area contributed by atoms with Crippen LogP contribution >= 0.6 is 0 Å². The van der Waals surface area contributed by atoms with Crippen LogP contribution in [0.5, 0.6) is 0 Å². The number of esters is 1. The van der Waals surface area contributed by atoms with Crippen LogP contribution in [0.2, 0.25) is 0 Å². The molecule has 84 valence electrons. The summed E-state index contributed by atoms with van der Waals surface area (Å²) in [6, 6.07) is 0. The first-order chi connectivity index (χ1) is 6.81. The molecule has 0 aromatic heterocycles. The third kappa shape index (κ3) is 9.52. The van der Waals surface area contributed by atoms with E-state index in [1.807, 2.05) is 6.92 Å². The molecular formula is C11H22O3. The maximum atomic E-state index is 10.9. The van der Waals surface area contributed by atoms with E-state index in [0.717, 1.165) is 19.4 Å². The molecule has 0 unspecified atom stereocenters. The summed E-state index contributed by atoms with van der Waals surface area (Å²) in [6.45, 7) is 5.82. The van der Waals surface area contributed by atoms with Crippen molar-refractivity contribution in [3.8, 4) is 0 Å². The second kappa shape index (κ2) is 10.5. The van der Waals surface area contributed by atoms with Crippen LogP contribution in [-0.4, -0.2) is 25.8 Å². The minimum absolute atomic E-state index is 0.121. The highest BCUT2D eigenvalue weighted by Gasteiger charge is 1.99. The Kier molecular flexibility index (Phi) is 10.1. The van der Waals surface area contributed by atoms with Gasteiger partial charge in [0.05, 0.1) is 6.61 Å². The first kappa shape index (κ1) is 13.4. The second-order valence-electron chi connectivity index (χ2n) is 3.29. The maximum Gasteiger partial charge on any atom is 0.305 e. The fourth-order valence-electron chi connectivity index (χ4n) is 1.05. The highest BCUT2D eigenvalue weighted by atomic mass is 16.6. The zero-order valence-electron chi connectivity index (χ0n) is 9.38. The van der Waals surface area contributed by atoms with Crippen molar-refractivity contribution in [2.75, 3.05) is 19.8 Å². The van der Waals surface area contributed by atoms with Crippen molar-refractivity contribution in [2.45, 2.75) is 46.0 Å². The molecule has 0 aromatic rings. The van der Waals surface area contributed by atoms with Crippen molar-refractivity contribution in [3.63, 3.8) is 0 Å². The molecule has 14 heavy (non-hydrogen) atoms. The van der Waals surface area contributed by atoms with Crippen molar-refractivity contribution in [1.82, 2.24) is 0 Å². The van der Waals surface area contributed by atoms with Gasteiger partial charge < -0.3 is 9.47 Å². The molecule has 0 amide bonds. The van der Waals surface area contributed by atoms with Gasteiger partial charge in [0, 0.05) is 13.0 Å². The molecule has 0 aliphatic carbocycles. The molecule has 0 bridgehead atoms. The van der Waals surface area contributed by atoms with E-state index < -0.39 is 0 Å². The topological polar surface area (TPSA) is 35.5 Å². The van der Waals surface area contributed by atoms with Gasteiger partial charge in [0.15, 0.2) is 0 Å². The van der Waals surface area contributed by atoms with Gasteiger partial charge in [-0.3, -0.25) is 4.79 Å². The summed E-state index contributed by atoms with van der Waals surface area (Å²) in [7, 11) is 0. The summed E-state index contributed by atoms with van der Waals surface area (Å²) in [4.78, 5) is 10.9. The highest BCUT2D eigenvalue weighted by Crippen LogP contribution is 1.94. The van der Waals surface area contributed by atoms with Crippen LogP contribution in [0, 0.1) is 0 Å². The molecule has 0 aliphatic heterocycles. The lowest BCUT2D eigenvalue weighted by molar-refractivity contribution is -0.145. The van der Waals surface area contributed by atoms with E-state index in [0.29, 0.717) is 19.6 Å². The Balaban J connectivity index is 3.01. The third-order valence-electron chi connectivity index (χ3n) is 1.84. The fraction of sp³-hybridized carbons (Fsp3) is 0.909. The summed E-state index contributed by atoms with van der Waals surface area (Å²) in [5.74, 6) is -0.121. The number of hydrogen-bond donors (Lipinski definition) is 0. The average molecular weight is 202 g/mol. The quantitative estimate of drug-likeness (QED) is 0.426. The molecule has 3 heteroatoms. The molecule has 0 aromatic carbocycles. The normalized spacial score (nSPS) is 10.1. The average Bonchev–Trinajstić information content (AvgIpc) is 2.17. The highest BCUT2D eigenvalue weighted by molar-refractivity contribution is 5.69. The number of carbonyl (C=O) groups is 1.